The standard InChI is InChI=1S/C14H23N3O2/c1-2-19-14-6-4-3-5-12(14)13(11-15)16-17-7-9-18-10-8-17/h3-6,13,16H,2,7-11,15H2,1H3. The summed E-state index contributed by atoms with van der Waals surface area (Å²) in [5.41, 5.74) is 10.5. The second-order valence-electron chi connectivity index (χ2n) is 4.49. The molecule has 19 heavy (non-hydrogen) atoms. The van der Waals surface area contributed by atoms with Crippen LogP contribution in [0.4, 0.5) is 0 Å². The number of hydrogen-bond donors (Lipinski definition) is 2. The second-order valence-corrected chi connectivity index (χ2v) is 4.49. The van der Waals surface area contributed by atoms with Crippen molar-refractivity contribution in [2.45, 2.75) is 13.0 Å². The van der Waals surface area contributed by atoms with E-state index in [0.717, 1.165) is 37.6 Å². The van der Waals surface area contributed by atoms with Crippen LogP contribution in [0.5, 0.6) is 5.75 Å². The number of hydrazine groups is 1. The molecule has 0 bridgehead atoms. The Morgan fingerprint density at radius 3 is 2.79 bits per heavy atom. The summed E-state index contributed by atoms with van der Waals surface area (Å²) >= 11 is 0. The highest BCUT2D eigenvalue weighted by atomic mass is 16.5. The molecule has 3 N–H and O–H groups in total. The third-order valence-electron chi connectivity index (χ3n) is 3.18. The molecule has 1 heterocycles. The molecule has 1 saturated heterocycles. The average molecular weight is 265 g/mol. The maximum Gasteiger partial charge on any atom is 0.124 e. The summed E-state index contributed by atoms with van der Waals surface area (Å²) in [5.74, 6) is 0.904. The summed E-state index contributed by atoms with van der Waals surface area (Å²) in [6, 6.07) is 8.12. The fourth-order valence-electron chi connectivity index (χ4n) is 2.22. The molecule has 1 unspecified atom stereocenters. The highest BCUT2D eigenvalue weighted by molar-refractivity contribution is 5.36. The lowest BCUT2D eigenvalue weighted by molar-refractivity contribution is 0.00385. The van der Waals surface area contributed by atoms with Crippen molar-refractivity contribution in [1.82, 2.24) is 10.4 Å². The van der Waals surface area contributed by atoms with Gasteiger partial charge in [-0.2, -0.15) is 0 Å². The molecule has 5 nitrogen and oxygen atoms in total. The molecule has 0 saturated carbocycles. The third-order valence-corrected chi connectivity index (χ3v) is 3.18. The number of nitrogens with zero attached hydrogens (tertiary/aromatic N) is 1. The molecule has 106 valence electrons. The van der Waals surface area contributed by atoms with Gasteiger partial charge in [-0.1, -0.05) is 18.2 Å². The summed E-state index contributed by atoms with van der Waals surface area (Å²) in [7, 11) is 0. The van der Waals surface area contributed by atoms with Crippen molar-refractivity contribution in [2.24, 2.45) is 5.73 Å². The Bertz CT molecular complexity index is 381. The van der Waals surface area contributed by atoms with E-state index in [1.807, 2.05) is 25.1 Å². The van der Waals surface area contributed by atoms with Crippen molar-refractivity contribution in [1.29, 1.82) is 0 Å². The molecule has 1 aromatic rings. The molecule has 0 aromatic heterocycles. The summed E-state index contributed by atoms with van der Waals surface area (Å²) in [4.78, 5) is 0. The molecule has 1 aliphatic rings. The number of nitrogens with one attached hydrogen (secondary N) is 1. The number of nitrogens with two attached hydrogens (primary N) is 1. The first-order valence-electron chi connectivity index (χ1n) is 6.85. The summed E-state index contributed by atoms with van der Waals surface area (Å²) in [5, 5.41) is 2.17. The van der Waals surface area contributed by atoms with Gasteiger partial charge >= 0.3 is 0 Å². The highest BCUT2D eigenvalue weighted by Gasteiger charge is 2.18. The molecule has 0 spiro atoms. The zero-order chi connectivity index (χ0) is 13.5. The van der Waals surface area contributed by atoms with E-state index in [4.69, 9.17) is 15.2 Å². The van der Waals surface area contributed by atoms with Gasteiger partial charge in [0.15, 0.2) is 0 Å². The molecular weight excluding hydrogens is 242 g/mol. The van der Waals surface area contributed by atoms with E-state index in [9.17, 15) is 0 Å². The molecule has 2 rings (SSSR count). The van der Waals surface area contributed by atoms with E-state index >= 15 is 0 Å². The van der Waals surface area contributed by atoms with Crippen LogP contribution in [0, 0.1) is 0 Å². The number of morpholine rings is 1. The van der Waals surface area contributed by atoms with Crippen LogP contribution in [-0.4, -0.2) is 44.5 Å². The Hall–Kier alpha value is -1.14. The number of ether oxygens (including phenoxy) is 2. The smallest absolute Gasteiger partial charge is 0.124 e. The number of rotatable bonds is 6. The van der Waals surface area contributed by atoms with Crippen molar-refractivity contribution in [3.05, 3.63) is 29.8 Å². The molecule has 0 radical (unpaired) electrons. The topological polar surface area (TPSA) is 59.8 Å². The summed E-state index contributed by atoms with van der Waals surface area (Å²) in [6.07, 6.45) is 0. The van der Waals surface area contributed by atoms with Crippen molar-refractivity contribution in [3.63, 3.8) is 0 Å². The molecule has 5 heteroatoms. The van der Waals surface area contributed by atoms with Gasteiger partial charge in [0, 0.05) is 25.2 Å². The minimum absolute atomic E-state index is 0.0702. The van der Waals surface area contributed by atoms with Gasteiger partial charge < -0.3 is 15.2 Å². The van der Waals surface area contributed by atoms with Crippen molar-refractivity contribution >= 4 is 0 Å². The van der Waals surface area contributed by atoms with Crippen molar-refractivity contribution in [3.8, 4) is 5.75 Å². The van der Waals surface area contributed by atoms with E-state index in [1.165, 1.54) is 0 Å². The lowest BCUT2D eigenvalue weighted by atomic mass is 10.1. The van der Waals surface area contributed by atoms with E-state index in [2.05, 4.69) is 16.5 Å². The maximum atomic E-state index is 5.91. The zero-order valence-electron chi connectivity index (χ0n) is 11.5. The van der Waals surface area contributed by atoms with Crippen molar-refractivity contribution in [2.75, 3.05) is 39.5 Å². The number of hydrogen-bond acceptors (Lipinski definition) is 5. The van der Waals surface area contributed by atoms with Crippen LogP contribution in [0.3, 0.4) is 0 Å². The van der Waals surface area contributed by atoms with Gasteiger partial charge in [0.2, 0.25) is 0 Å². The highest BCUT2D eigenvalue weighted by Crippen LogP contribution is 2.24. The number of benzene rings is 1. The van der Waals surface area contributed by atoms with Gasteiger partial charge in [-0.05, 0) is 13.0 Å². The first-order valence-corrected chi connectivity index (χ1v) is 6.85. The van der Waals surface area contributed by atoms with Gasteiger partial charge in [0.25, 0.3) is 0 Å². The normalized spacial score (nSPS) is 18.2. The van der Waals surface area contributed by atoms with E-state index < -0.39 is 0 Å². The molecule has 1 aromatic carbocycles. The Balaban J connectivity index is 2.07. The molecule has 1 atom stereocenters. The lowest BCUT2D eigenvalue weighted by Crippen LogP contribution is -2.48. The molecule has 0 aliphatic carbocycles. The Labute approximate surface area is 114 Å². The average Bonchev–Trinajstić information content (AvgIpc) is 2.47. The minimum Gasteiger partial charge on any atom is -0.494 e. The van der Waals surface area contributed by atoms with Crippen LogP contribution < -0.4 is 15.9 Å². The van der Waals surface area contributed by atoms with Crippen LogP contribution in [0.2, 0.25) is 0 Å². The molecular formula is C14H23N3O2. The van der Waals surface area contributed by atoms with Gasteiger partial charge in [-0.3, -0.25) is 0 Å². The lowest BCUT2D eigenvalue weighted by Gasteiger charge is -2.32. The predicted octanol–water partition coefficient (Wildman–Crippen LogP) is 0.922. The van der Waals surface area contributed by atoms with E-state index in [-0.39, 0.29) is 6.04 Å². The SMILES string of the molecule is CCOc1ccccc1C(CN)NN1CCOCC1. The van der Waals surface area contributed by atoms with Crippen molar-refractivity contribution < 1.29 is 9.47 Å². The summed E-state index contributed by atoms with van der Waals surface area (Å²) < 4.78 is 11.0. The Morgan fingerprint density at radius 1 is 1.37 bits per heavy atom. The van der Waals surface area contributed by atoms with Crippen LogP contribution in [-0.2, 0) is 4.74 Å². The first-order chi connectivity index (χ1) is 9.35. The largest absolute Gasteiger partial charge is 0.494 e. The van der Waals surface area contributed by atoms with Crippen LogP contribution in [0.15, 0.2) is 24.3 Å². The first kappa shape index (κ1) is 14.3. The monoisotopic (exact) mass is 265 g/mol. The fourth-order valence-corrected chi connectivity index (χ4v) is 2.22. The molecule has 1 fully saturated rings. The number of para-hydroxylation sites is 1. The van der Waals surface area contributed by atoms with Gasteiger partial charge in [0.1, 0.15) is 5.75 Å². The van der Waals surface area contributed by atoms with Crippen LogP contribution in [0.25, 0.3) is 0 Å². The molecule has 1 aliphatic heterocycles. The Morgan fingerprint density at radius 2 is 2.11 bits per heavy atom. The second kappa shape index (κ2) is 7.45. The maximum absolute atomic E-state index is 5.91. The Kier molecular flexibility index (Phi) is 5.60. The zero-order valence-corrected chi connectivity index (χ0v) is 11.5. The minimum atomic E-state index is 0.0702. The van der Waals surface area contributed by atoms with E-state index in [0.29, 0.717) is 13.2 Å². The molecule has 0 amide bonds. The predicted molar refractivity (Wildman–Crippen MR) is 74.9 cm³/mol. The van der Waals surface area contributed by atoms with Crippen LogP contribution >= 0.6 is 0 Å². The fraction of sp³-hybridized carbons (Fsp3) is 0.571. The van der Waals surface area contributed by atoms with Gasteiger partial charge in [0.05, 0.1) is 25.9 Å². The quantitative estimate of drug-likeness (QED) is 0.801. The van der Waals surface area contributed by atoms with Crippen LogP contribution in [0.1, 0.15) is 18.5 Å². The van der Waals surface area contributed by atoms with E-state index in [1.54, 1.807) is 0 Å². The van der Waals surface area contributed by atoms with Gasteiger partial charge in [-0.25, -0.2) is 10.4 Å². The van der Waals surface area contributed by atoms with Gasteiger partial charge in [-0.15, -0.1) is 0 Å². The summed E-state index contributed by atoms with van der Waals surface area (Å²) in [6.45, 7) is 6.46. The third kappa shape index (κ3) is 3.91.